The van der Waals surface area contributed by atoms with Gasteiger partial charge in [-0.3, -0.25) is 9.59 Å². The van der Waals surface area contributed by atoms with Gasteiger partial charge < -0.3 is 4.74 Å². The number of carbonyl (C=O) groups is 2. The number of thiophene rings is 1. The lowest BCUT2D eigenvalue weighted by Crippen LogP contribution is -2.29. The predicted octanol–water partition coefficient (Wildman–Crippen LogP) is 5.34. The zero-order valence-corrected chi connectivity index (χ0v) is 17.2. The summed E-state index contributed by atoms with van der Waals surface area (Å²) >= 11 is 1.40. The molecule has 1 atom stereocenters. The Kier molecular flexibility index (Phi) is 4.41. The molecule has 1 aromatic heterocycles. The van der Waals surface area contributed by atoms with Crippen molar-refractivity contribution in [3.63, 3.8) is 0 Å². The topological polar surface area (TPSA) is 70.4 Å². The molecule has 2 aromatic carbocycles. The van der Waals surface area contributed by atoms with Crippen LogP contribution in [-0.4, -0.2) is 11.8 Å². The van der Waals surface area contributed by atoms with Crippen molar-refractivity contribution in [3.05, 3.63) is 75.7 Å². The smallest absolute Gasteiger partial charge is 0.266 e. The van der Waals surface area contributed by atoms with Crippen LogP contribution in [-0.2, 0) is 12.8 Å². The molecule has 5 rings (SSSR count). The second-order valence-electron chi connectivity index (χ2n) is 7.71. The minimum absolute atomic E-state index is 0.303. The second-order valence-corrected chi connectivity index (χ2v) is 8.80. The van der Waals surface area contributed by atoms with Crippen molar-refractivity contribution in [2.24, 2.45) is 5.92 Å². The summed E-state index contributed by atoms with van der Waals surface area (Å²) in [5, 5.41) is 10.2. The highest BCUT2D eigenvalue weighted by atomic mass is 32.1. The molecule has 0 bridgehead atoms. The van der Waals surface area contributed by atoms with Crippen LogP contribution in [0.4, 0.5) is 5.00 Å². The van der Waals surface area contributed by atoms with E-state index in [0.29, 0.717) is 39.1 Å². The maximum atomic E-state index is 13.2. The molecule has 6 heteroatoms. The number of amides is 2. The Morgan fingerprint density at radius 2 is 1.83 bits per heavy atom. The number of imide groups is 1. The van der Waals surface area contributed by atoms with Crippen LogP contribution in [0, 0.1) is 17.2 Å². The molecule has 1 aliphatic heterocycles. The lowest BCUT2D eigenvalue weighted by atomic mass is 9.88. The fourth-order valence-electron chi connectivity index (χ4n) is 4.10. The van der Waals surface area contributed by atoms with Crippen LogP contribution in [0.25, 0.3) is 0 Å². The van der Waals surface area contributed by atoms with E-state index in [1.807, 2.05) is 30.3 Å². The van der Waals surface area contributed by atoms with Gasteiger partial charge in [-0.1, -0.05) is 25.1 Å². The number of hydrogen-bond acceptors (Lipinski definition) is 5. The lowest BCUT2D eigenvalue weighted by Gasteiger charge is -2.17. The quantitative estimate of drug-likeness (QED) is 0.543. The SMILES string of the molecule is C[C@H]1CCc2c(sc(N3C(=O)c4ccc(Oc5ccccc5)cc4C3=O)c2C#N)C1. The van der Waals surface area contributed by atoms with Crippen molar-refractivity contribution in [2.45, 2.75) is 26.2 Å². The number of fused-ring (bicyclic) bond motifs is 2. The Labute approximate surface area is 178 Å². The first-order chi connectivity index (χ1) is 14.6. The van der Waals surface area contributed by atoms with E-state index in [1.165, 1.54) is 16.2 Å². The molecular weight excluding hydrogens is 396 g/mol. The zero-order valence-electron chi connectivity index (χ0n) is 16.3. The van der Waals surface area contributed by atoms with Gasteiger partial charge in [-0.15, -0.1) is 11.3 Å². The monoisotopic (exact) mass is 414 g/mol. The van der Waals surface area contributed by atoms with Gasteiger partial charge in [0.05, 0.1) is 16.7 Å². The third-order valence-electron chi connectivity index (χ3n) is 5.64. The molecule has 30 heavy (non-hydrogen) atoms. The normalized spacial score (nSPS) is 17.5. The minimum atomic E-state index is -0.406. The number of nitrogens with zero attached hydrogens (tertiary/aromatic N) is 2. The maximum absolute atomic E-state index is 13.2. The van der Waals surface area contributed by atoms with Gasteiger partial charge in [0.1, 0.15) is 22.6 Å². The molecule has 0 spiro atoms. The molecule has 0 saturated carbocycles. The van der Waals surface area contributed by atoms with E-state index in [2.05, 4.69) is 13.0 Å². The summed E-state index contributed by atoms with van der Waals surface area (Å²) in [5.41, 5.74) is 2.11. The highest BCUT2D eigenvalue weighted by Crippen LogP contribution is 2.43. The Hall–Kier alpha value is -3.43. The molecule has 0 unspecified atom stereocenters. The first-order valence-corrected chi connectivity index (χ1v) is 10.7. The number of ether oxygens (including phenoxy) is 1. The summed E-state index contributed by atoms with van der Waals surface area (Å²) in [6, 6.07) is 16.4. The van der Waals surface area contributed by atoms with Gasteiger partial charge in [-0.25, -0.2) is 4.90 Å². The van der Waals surface area contributed by atoms with Gasteiger partial charge in [0, 0.05) is 4.88 Å². The molecule has 5 nitrogen and oxygen atoms in total. The molecule has 2 amide bonds. The van der Waals surface area contributed by atoms with Crippen LogP contribution >= 0.6 is 11.3 Å². The van der Waals surface area contributed by atoms with E-state index < -0.39 is 5.91 Å². The van der Waals surface area contributed by atoms with E-state index >= 15 is 0 Å². The number of benzene rings is 2. The molecular formula is C24H18N2O3S. The van der Waals surface area contributed by atoms with Crippen molar-refractivity contribution in [1.82, 2.24) is 0 Å². The highest BCUT2D eigenvalue weighted by molar-refractivity contribution is 7.17. The molecule has 0 saturated heterocycles. The van der Waals surface area contributed by atoms with Crippen molar-refractivity contribution < 1.29 is 14.3 Å². The predicted molar refractivity (Wildman–Crippen MR) is 114 cm³/mol. The largest absolute Gasteiger partial charge is 0.457 e. The molecule has 1 aliphatic carbocycles. The van der Waals surface area contributed by atoms with E-state index in [1.54, 1.807) is 18.2 Å². The number of rotatable bonds is 3. The van der Waals surface area contributed by atoms with Crippen LogP contribution in [0.15, 0.2) is 48.5 Å². The fourth-order valence-corrected chi connectivity index (χ4v) is 5.56. The third-order valence-corrected chi connectivity index (χ3v) is 6.88. The average molecular weight is 414 g/mol. The van der Waals surface area contributed by atoms with Crippen molar-refractivity contribution in [2.75, 3.05) is 4.90 Å². The van der Waals surface area contributed by atoms with Crippen molar-refractivity contribution >= 4 is 28.2 Å². The van der Waals surface area contributed by atoms with Crippen LogP contribution in [0.3, 0.4) is 0 Å². The number of nitriles is 1. The number of anilines is 1. The van der Waals surface area contributed by atoms with Gasteiger partial charge in [0.2, 0.25) is 0 Å². The van der Waals surface area contributed by atoms with Gasteiger partial charge in [-0.05, 0) is 61.1 Å². The molecule has 0 fully saturated rings. The summed E-state index contributed by atoms with van der Waals surface area (Å²) < 4.78 is 5.82. The van der Waals surface area contributed by atoms with Crippen LogP contribution in [0.5, 0.6) is 11.5 Å². The van der Waals surface area contributed by atoms with Gasteiger partial charge in [-0.2, -0.15) is 5.26 Å². The lowest BCUT2D eigenvalue weighted by molar-refractivity contribution is 0.0927. The Morgan fingerprint density at radius 3 is 2.60 bits per heavy atom. The van der Waals surface area contributed by atoms with E-state index in [0.717, 1.165) is 29.7 Å². The first kappa shape index (κ1) is 18.6. The summed E-state index contributed by atoms with van der Waals surface area (Å²) in [4.78, 5) is 28.6. The Balaban J connectivity index is 1.52. The van der Waals surface area contributed by atoms with E-state index in [-0.39, 0.29) is 5.91 Å². The van der Waals surface area contributed by atoms with E-state index in [9.17, 15) is 14.9 Å². The zero-order chi connectivity index (χ0) is 20.8. The maximum Gasteiger partial charge on any atom is 0.266 e. The van der Waals surface area contributed by atoms with Crippen LogP contribution < -0.4 is 9.64 Å². The number of carbonyl (C=O) groups excluding carboxylic acids is 2. The van der Waals surface area contributed by atoms with Gasteiger partial charge in [0.15, 0.2) is 0 Å². The number of para-hydroxylation sites is 1. The molecule has 2 aliphatic rings. The van der Waals surface area contributed by atoms with Crippen molar-refractivity contribution in [3.8, 4) is 17.6 Å². The van der Waals surface area contributed by atoms with Gasteiger partial charge in [0.25, 0.3) is 11.8 Å². The molecule has 2 heterocycles. The van der Waals surface area contributed by atoms with E-state index in [4.69, 9.17) is 4.74 Å². The molecule has 148 valence electrons. The van der Waals surface area contributed by atoms with Crippen LogP contribution in [0.2, 0.25) is 0 Å². The van der Waals surface area contributed by atoms with Gasteiger partial charge >= 0.3 is 0 Å². The highest BCUT2D eigenvalue weighted by Gasteiger charge is 2.40. The summed E-state index contributed by atoms with van der Waals surface area (Å²) in [6.07, 6.45) is 2.71. The Morgan fingerprint density at radius 1 is 1.07 bits per heavy atom. The first-order valence-electron chi connectivity index (χ1n) is 9.87. The van der Waals surface area contributed by atoms with Crippen molar-refractivity contribution in [1.29, 1.82) is 5.26 Å². The second kappa shape index (κ2) is 7.12. The minimum Gasteiger partial charge on any atom is -0.457 e. The average Bonchev–Trinajstić information content (AvgIpc) is 3.22. The number of hydrogen-bond donors (Lipinski definition) is 0. The standard InChI is InChI=1S/C24H18N2O3S/c1-14-7-9-17-20(13-25)24(30-21(17)11-14)26-22(27)18-10-8-16(12-19(18)23(26)28)29-15-5-3-2-4-6-15/h2-6,8,10,12,14H,7,9,11H2,1H3/t14-/m0/s1. The van der Waals surface area contributed by atoms with Crippen LogP contribution in [0.1, 0.15) is 50.1 Å². The summed E-state index contributed by atoms with van der Waals surface area (Å²) in [6.45, 7) is 2.19. The molecule has 3 aromatic rings. The molecule has 0 radical (unpaired) electrons. The fraction of sp³-hybridized carbons (Fsp3) is 0.208. The third kappa shape index (κ3) is 2.90. The Bertz CT molecular complexity index is 1220. The molecule has 0 N–H and O–H groups in total. The summed E-state index contributed by atoms with van der Waals surface area (Å²) in [7, 11) is 0. The summed E-state index contributed by atoms with van der Waals surface area (Å²) in [5.74, 6) is 0.886.